The van der Waals surface area contributed by atoms with Crippen molar-refractivity contribution in [3.05, 3.63) is 35.4 Å². The lowest BCUT2D eigenvalue weighted by molar-refractivity contribution is 0.0420. The van der Waals surface area contributed by atoms with Crippen molar-refractivity contribution in [3.63, 3.8) is 0 Å². The minimum Gasteiger partial charge on any atom is -0.462 e. The van der Waals surface area contributed by atoms with Gasteiger partial charge in [0.05, 0.1) is 24.3 Å². The van der Waals surface area contributed by atoms with Crippen molar-refractivity contribution in [2.45, 2.75) is 80.1 Å². The standard InChI is InChI=1S/C26H42O4/c1-7-9-19(3)15-21(5)17-29-25(27)23-11-13-24(14-12-23)26(28)30-18-22(6)16-20(4)10-8-2/h11-14,19-22H,7-10,15-18H2,1-6H3. The molecule has 0 aliphatic heterocycles. The van der Waals surface area contributed by atoms with Crippen LogP contribution < -0.4 is 0 Å². The maximum absolute atomic E-state index is 12.3. The molecule has 30 heavy (non-hydrogen) atoms. The Labute approximate surface area is 183 Å². The topological polar surface area (TPSA) is 52.6 Å². The Kier molecular flexibility index (Phi) is 12.4. The van der Waals surface area contributed by atoms with E-state index in [-0.39, 0.29) is 11.9 Å². The van der Waals surface area contributed by atoms with Gasteiger partial charge in [0.15, 0.2) is 0 Å². The molecule has 0 aliphatic rings. The van der Waals surface area contributed by atoms with E-state index in [0.717, 1.165) is 12.8 Å². The van der Waals surface area contributed by atoms with Crippen LogP contribution in [0, 0.1) is 23.7 Å². The van der Waals surface area contributed by atoms with Crippen molar-refractivity contribution in [1.82, 2.24) is 0 Å². The molecule has 1 aromatic rings. The minimum atomic E-state index is -0.344. The summed E-state index contributed by atoms with van der Waals surface area (Å²) in [6.45, 7) is 13.9. The quantitative estimate of drug-likeness (QED) is 0.308. The lowest BCUT2D eigenvalue weighted by Gasteiger charge is -2.17. The van der Waals surface area contributed by atoms with Crippen LogP contribution in [0.4, 0.5) is 0 Å². The molecule has 0 amide bonds. The molecule has 0 aliphatic carbocycles. The third kappa shape index (κ3) is 10.3. The van der Waals surface area contributed by atoms with Crippen molar-refractivity contribution in [1.29, 1.82) is 0 Å². The van der Waals surface area contributed by atoms with E-state index in [2.05, 4.69) is 41.5 Å². The Morgan fingerprint density at radius 2 is 1.00 bits per heavy atom. The molecule has 0 saturated heterocycles. The number of carbonyl (C=O) groups excluding carboxylic acids is 2. The summed E-state index contributed by atoms with van der Waals surface area (Å²) in [6, 6.07) is 6.54. The average Bonchev–Trinajstić information content (AvgIpc) is 2.70. The van der Waals surface area contributed by atoms with Gasteiger partial charge in [-0.25, -0.2) is 9.59 Å². The highest BCUT2D eigenvalue weighted by Gasteiger charge is 2.15. The molecule has 4 unspecified atom stereocenters. The molecule has 0 spiro atoms. The molecule has 0 radical (unpaired) electrons. The van der Waals surface area contributed by atoms with E-state index >= 15 is 0 Å². The third-order valence-corrected chi connectivity index (χ3v) is 5.53. The van der Waals surface area contributed by atoms with Gasteiger partial charge in [-0.05, 0) is 60.8 Å². The van der Waals surface area contributed by atoms with Crippen molar-refractivity contribution < 1.29 is 19.1 Å². The summed E-state index contributed by atoms with van der Waals surface area (Å²) in [5, 5.41) is 0. The first-order valence-electron chi connectivity index (χ1n) is 11.7. The number of benzene rings is 1. The largest absolute Gasteiger partial charge is 0.462 e. The van der Waals surface area contributed by atoms with Gasteiger partial charge >= 0.3 is 11.9 Å². The van der Waals surface area contributed by atoms with Crippen LogP contribution in [-0.2, 0) is 9.47 Å². The Balaban J connectivity index is 2.44. The van der Waals surface area contributed by atoms with Gasteiger partial charge in [0.1, 0.15) is 0 Å². The number of rotatable bonds is 14. The Bertz CT molecular complexity index is 567. The van der Waals surface area contributed by atoms with Gasteiger partial charge in [-0.15, -0.1) is 0 Å². The van der Waals surface area contributed by atoms with Crippen LogP contribution in [0.1, 0.15) is 101 Å². The fourth-order valence-electron chi connectivity index (χ4n) is 4.08. The number of esters is 2. The zero-order chi connectivity index (χ0) is 22.5. The summed E-state index contributed by atoms with van der Waals surface area (Å²) in [4.78, 5) is 24.5. The smallest absolute Gasteiger partial charge is 0.338 e. The van der Waals surface area contributed by atoms with Gasteiger partial charge in [0.25, 0.3) is 0 Å². The number of hydrogen-bond acceptors (Lipinski definition) is 4. The number of ether oxygens (including phenoxy) is 2. The molecule has 1 rings (SSSR count). The van der Waals surface area contributed by atoms with Gasteiger partial charge in [0.2, 0.25) is 0 Å². The highest BCUT2D eigenvalue weighted by atomic mass is 16.5. The average molecular weight is 419 g/mol. The van der Waals surface area contributed by atoms with E-state index in [4.69, 9.17) is 9.47 Å². The lowest BCUT2D eigenvalue weighted by atomic mass is 9.94. The van der Waals surface area contributed by atoms with Gasteiger partial charge in [-0.1, -0.05) is 67.2 Å². The normalized spacial score (nSPS) is 15.1. The summed E-state index contributed by atoms with van der Waals surface area (Å²) >= 11 is 0. The van der Waals surface area contributed by atoms with Crippen molar-refractivity contribution in [3.8, 4) is 0 Å². The molecule has 0 bridgehead atoms. The van der Waals surface area contributed by atoms with Gasteiger partial charge in [-0.3, -0.25) is 0 Å². The van der Waals surface area contributed by atoms with Gasteiger partial charge < -0.3 is 9.47 Å². The monoisotopic (exact) mass is 418 g/mol. The Hall–Kier alpha value is -1.84. The summed E-state index contributed by atoms with van der Waals surface area (Å²) in [5.74, 6) is 1.28. The summed E-state index contributed by atoms with van der Waals surface area (Å²) in [6.07, 6.45) is 6.88. The molecule has 0 N–H and O–H groups in total. The maximum atomic E-state index is 12.3. The Morgan fingerprint density at radius 1 is 0.667 bits per heavy atom. The van der Waals surface area contributed by atoms with Crippen LogP contribution in [0.5, 0.6) is 0 Å². The summed E-state index contributed by atoms with van der Waals surface area (Å²) in [7, 11) is 0. The molecule has 1 aromatic carbocycles. The van der Waals surface area contributed by atoms with Crippen molar-refractivity contribution in [2.75, 3.05) is 13.2 Å². The van der Waals surface area contributed by atoms with Crippen LogP contribution in [0.2, 0.25) is 0 Å². The first kappa shape index (κ1) is 26.2. The van der Waals surface area contributed by atoms with E-state index < -0.39 is 0 Å². The van der Waals surface area contributed by atoms with Crippen molar-refractivity contribution in [2.24, 2.45) is 23.7 Å². The third-order valence-electron chi connectivity index (χ3n) is 5.53. The van der Waals surface area contributed by atoms with Crippen LogP contribution >= 0.6 is 0 Å². The fraction of sp³-hybridized carbons (Fsp3) is 0.692. The molecular weight excluding hydrogens is 376 g/mol. The van der Waals surface area contributed by atoms with E-state index in [1.807, 2.05) is 0 Å². The second kappa shape index (κ2) is 14.2. The lowest BCUT2D eigenvalue weighted by Crippen LogP contribution is -2.15. The molecule has 170 valence electrons. The van der Waals surface area contributed by atoms with E-state index in [1.165, 1.54) is 25.7 Å². The molecular formula is C26H42O4. The molecule has 0 aromatic heterocycles. The highest BCUT2D eigenvalue weighted by Crippen LogP contribution is 2.19. The molecule has 4 heteroatoms. The molecule has 4 nitrogen and oxygen atoms in total. The summed E-state index contributed by atoms with van der Waals surface area (Å²) in [5.41, 5.74) is 0.921. The predicted octanol–water partition coefficient (Wildman–Crippen LogP) is 6.93. The highest BCUT2D eigenvalue weighted by molar-refractivity contribution is 5.93. The van der Waals surface area contributed by atoms with Crippen molar-refractivity contribution >= 4 is 11.9 Å². The first-order chi connectivity index (χ1) is 14.3. The fourth-order valence-corrected chi connectivity index (χ4v) is 4.08. The molecule has 0 saturated carbocycles. The molecule has 0 fully saturated rings. The zero-order valence-electron chi connectivity index (χ0n) is 19.9. The van der Waals surface area contributed by atoms with Gasteiger partial charge in [0, 0.05) is 0 Å². The first-order valence-corrected chi connectivity index (χ1v) is 11.7. The van der Waals surface area contributed by atoms with Crippen LogP contribution in [0.15, 0.2) is 24.3 Å². The van der Waals surface area contributed by atoms with E-state index in [9.17, 15) is 9.59 Å². The minimum absolute atomic E-state index is 0.340. The van der Waals surface area contributed by atoms with Crippen LogP contribution in [0.25, 0.3) is 0 Å². The summed E-state index contributed by atoms with van der Waals surface area (Å²) < 4.78 is 10.9. The SMILES string of the molecule is CCCC(C)CC(C)COC(=O)c1ccc(C(=O)OCC(C)CC(C)CCC)cc1. The van der Waals surface area contributed by atoms with E-state index in [1.54, 1.807) is 24.3 Å². The second-order valence-corrected chi connectivity index (χ2v) is 9.24. The second-order valence-electron chi connectivity index (χ2n) is 9.24. The number of hydrogen-bond donors (Lipinski definition) is 0. The molecule has 4 atom stereocenters. The predicted molar refractivity (Wildman–Crippen MR) is 123 cm³/mol. The van der Waals surface area contributed by atoms with E-state index in [0.29, 0.717) is 48.0 Å². The molecule has 0 heterocycles. The van der Waals surface area contributed by atoms with Crippen LogP contribution in [0.3, 0.4) is 0 Å². The zero-order valence-corrected chi connectivity index (χ0v) is 19.9. The number of carbonyl (C=O) groups is 2. The maximum Gasteiger partial charge on any atom is 0.338 e. The van der Waals surface area contributed by atoms with Crippen LogP contribution in [-0.4, -0.2) is 25.2 Å². The van der Waals surface area contributed by atoms with Gasteiger partial charge in [-0.2, -0.15) is 0 Å². The Morgan fingerprint density at radius 3 is 1.30 bits per heavy atom.